The highest BCUT2D eigenvalue weighted by molar-refractivity contribution is 5.34. The average molecular weight is 364 g/mol. The van der Waals surface area contributed by atoms with Gasteiger partial charge >= 0.3 is 0 Å². The van der Waals surface area contributed by atoms with Crippen molar-refractivity contribution in [2.45, 2.75) is 70.8 Å². The summed E-state index contributed by atoms with van der Waals surface area (Å²) in [5.74, 6) is 2.50. The molecule has 26 heavy (non-hydrogen) atoms. The van der Waals surface area contributed by atoms with Crippen LogP contribution in [0.4, 0.5) is 5.95 Å². The number of anilines is 1. The lowest BCUT2D eigenvalue weighted by Crippen LogP contribution is -2.57. The third-order valence-electron chi connectivity index (χ3n) is 5.62. The Hall–Kier alpha value is -1.18. The fraction of sp³-hybridized carbons (Fsp3) is 0.895. The van der Waals surface area contributed by atoms with Crippen LogP contribution in [0.15, 0.2) is 0 Å². The maximum atomic E-state index is 6.39. The molecule has 3 aliphatic rings. The van der Waals surface area contributed by atoms with E-state index in [1.54, 1.807) is 0 Å². The van der Waals surface area contributed by atoms with Gasteiger partial charge in [-0.15, -0.1) is 10.2 Å². The zero-order chi connectivity index (χ0) is 18.1. The third kappa shape index (κ3) is 3.62. The van der Waals surface area contributed by atoms with Gasteiger partial charge in [0.2, 0.25) is 5.95 Å². The molecular weight excluding hydrogens is 332 g/mol. The lowest BCUT2D eigenvalue weighted by Gasteiger charge is -2.47. The molecule has 1 aromatic rings. The van der Waals surface area contributed by atoms with E-state index < -0.39 is 0 Å². The summed E-state index contributed by atoms with van der Waals surface area (Å²) < 4.78 is 20.2. The second kappa shape index (κ2) is 7.44. The maximum absolute atomic E-state index is 6.39. The Balaban J connectivity index is 1.63. The monoisotopic (exact) mass is 364 g/mol. The summed E-state index contributed by atoms with van der Waals surface area (Å²) in [5.41, 5.74) is -0.117. The molecule has 1 spiro atoms. The van der Waals surface area contributed by atoms with E-state index in [1.807, 2.05) is 0 Å². The van der Waals surface area contributed by atoms with Gasteiger partial charge < -0.3 is 19.1 Å². The van der Waals surface area contributed by atoms with Gasteiger partial charge in [-0.25, -0.2) is 0 Å². The van der Waals surface area contributed by atoms with E-state index in [4.69, 9.17) is 14.2 Å². The van der Waals surface area contributed by atoms with Crippen LogP contribution in [0.25, 0.3) is 0 Å². The molecule has 0 aromatic carbocycles. The molecule has 0 radical (unpaired) electrons. The summed E-state index contributed by atoms with van der Waals surface area (Å²) in [5, 5.41) is 9.19. The lowest BCUT2D eigenvalue weighted by molar-refractivity contribution is -0.146. The molecule has 1 aromatic heterocycles. The largest absolute Gasteiger partial charge is 0.381 e. The first-order valence-corrected chi connectivity index (χ1v) is 10.1. The second-order valence-corrected chi connectivity index (χ2v) is 8.47. The molecular formula is C19H32N4O3. The zero-order valence-electron chi connectivity index (χ0n) is 16.3. The van der Waals surface area contributed by atoms with Gasteiger partial charge in [0.05, 0.1) is 18.2 Å². The molecule has 146 valence electrons. The molecule has 3 saturated heterocycles. The van der Waals surface area contributed by atoms with Gasteiger partial charge in [0.1, 0.15) is 6.10 Å². The topological polar surface area (TPSA) is 61.6 Å². The zero-order valence-corrected chi connectivity index (χ0v) is 16.3. The Bertz CT molecular complexity index is 606. The second-order valence-electron chi connectivity index (χ2n) is 8.47. The summed E-state index contributed by atoms with van der Waals surface area (Å²) in [7, 11) is 0. The van der Waals surface area contributed by atoms with Crippen LogP contribution < -0.4 is 4.90 Å². The van der Waals surface area contributed by atoms with Crippen LogP contribution in [-0.2, 0) is 20.8 Å². The van der Waals surface area contributed by atoms with Gasteiger partial charge in [-0.1, -0.05) is 13.8 Å². The molecule has 7 nitrogen and oxygen atoms in total. The van der Waals surface area contributed by atoms with Gasteiger partial charge in [0.25, 0.3) is 0 Å². The molecule has 4 rings (SSSR count). The normalized spacial score (nSPS) is 29.0. The van der Waals surface area contributed by atoms with Crippen molar-refractivity contribution in [3.8, 4) is 0 Å². The maximum Gasteiger partial charge on any atom is 0.227 e. The number of hydrogen-bond acceptors (Lipinski definition) is 6. The van der Waals surface area contributed by atoms with Gasteiger partial charge in [-0.2, -0.15) is 0 Å². The molecule has 3 aliphatic heterocycles. The Labute approximate surface area is 156 Å². The first-order valence-electron chi connectivity index (χ1n) is 10.1. The molecule has 0 bridgehead atoms. The highest BCUT2D eigenvalue weighted by Gasteiger charge is 2.42. The molecule has 7 heteroatoms. The van der Waals surface area contributed by atoms with Crippen molar-refractivity contribution in [3.63, 3.8) is 0 Å². The Morgan fingerprint density at radius 2 is 2.00 bits per heavy atom. The Morgan fingerprint density at radius 1 is 1.19 bits per heavy atom. The molecule has 3 fully saturated rings. The SMILES string of the molecule is CC(C)Cn1c([C@H]2CCCO2)nnc1N1CC(C)OC2(CCOCC2)C1. The number of hydrogen-bond donors (Lipinski definition) is 0. The van der Waals surface area contributed by atoms with Gasteiger partial charge in [0, 0.05) is 45.8 Å². The lowest BCUT2D eigenvalue weighted by atomic mass is 9.91. The van der Waals surface area contributed by atoms with E-state index in [1.165, 1.54) is 0 Å². The molecule has 2 atom stereocenters. The van der Waals surface area contributed by atoms with Crippen LogP contribution in [-0.4, -0.2) is 59.4 Å². The van der Waals surface area contributed by atoms with Crippen LogP contribution in [0.5, 0.6) is 0 Å². The highest BCUT2D eigenvalue weighted by atomic mass is 16.5. The van der Waals surface area contributed by atoms with Crippen molar-refractivity contribution in [1.82, 2.24) is 14.8 Å². The fourth-order valence-electron chi connectivity index (χ4n) is 4.50. The van der Waals surface area contributed by atoms with E-state index in [-0.39, 0.29) is 17.8 Å². The number of aromatic nitrogens is 3. The first-order chi connectivity index (χ1) is 12.6. The Kier molecular flexibility index (Phi) is 5.21. The van der Waals surface area contributed by atoms with Gasteiger partial charge in [0.15, 0.2) is 5.82 Å². The predicted octanol–water partition coefficient (Wildman–Crippen LogP) is 2.56. The van der Waals surface area contributed by atoms with E-state index in [9.17, 15) is 0 Å². The van der Waals surface area contributed by atoms with Crippen LogP contribution in [0.1, 0.15) is 58.4 Å². The van der Waals surface area contributed by atoms with Crippen molar-refractivity contribution in [1.29, 1.82) is 0 Å². The van der Waals surface area contributed by atoms with Crippen LogP contribution in [0, 0.1) is 5.92 Å². The summed E-state index contributed by atoms with van der Waals surface area (Å²) in [6, 6.07) is 0. The first kappa shape index (κ1) is 18.2. The number of ether oxygens (including phenoxy) is 3. The van der Waals surface area contributed by atoms with E-state index in [2.05, 4.69) is 40.4 Å². The summed E-state index contributed by atoms with van der Waals surface area (Å²) >= 11 is 0. The van der Waals surface area contributed by atoms with Gasteiger partial charge in [-0.3, -0.25) is 4.57 Å². The van der Waals surface area contributed by atoms with E-state index >= 15 is 0 Å². The molecule has 0 aliphatic carbocycles. The summed E-state index contributed by atoms with van der Waals surface area (Å²) in [4.78, 5) is 2.38. The fourth-order valence-corrected chi connectivity index (χ4v) is 4.50. The van der Waals surface area contributed by atoms with Crippen molar-refractivity contribution < 1.29 is 14.2 Å². The van der Waals surface area contributed by atoms with Crippen molar-refractivity contribution in [2.75, 3.05) is 37.8 Å². The number of morpholine rings is 1. The van der Waals surface area contributed by atoms with Crippen molar-refractivity contribution in [3.05, 3.63) is 5.82 Å². The third-order valence-corrected chi connectivity index (χ3v) is 5.62. The number of nitrogens with zero attached hydrogens (tertiary/aromatic N) is 4. The highest BCUT2D eigenvalue weighted by Crippen LogP contribution is 2.35. The minimum absolute atomic E-state index is 0.0884. The Morgan fingerprint density at radius 3 is 2.69 bits per heavy atom. The van der Waals surface area contributed by atoms with Crippen LogP contribution in [0.3, 0.4) is 0 Å². The quantitative estimate of drug-likeness (QED) is 0.818. The predicted molar refractivity (Wildman–Crippen MR) is 98.3 cm³/mol. The van der Waals surface area contributed by atoms with Crippen LogP contribution in [0.2, 0.25) is 0 Å². The molecule has 4 heterocycles. The van der Waals surface area contributed by atoms with Crippen LogP contribution >= 0.6 is 0 Å². The van der Waals surface area contributed by atoms with Crippen molar-refractivity contribution in [2.24, 2.45) is 5.92 Å². The average Bonchev–Trinajstić information content (AvgIpc) is 3.23. The van der Waals surface area contributed by atoms with Crippen molar-refractivity contribution >= 4 is 5.95 Å². The molecule has 1 unspecified atom stereocenters. The minimum Gasteiger partial charge on any atom is -0.381 e. The van der Waals surface area contributed by atoms with E-state index in [0.29, 0.717) is 5.92 Å². The minimum atomic E-state index is -0.117. The smallest absolute Gasteiger partial charge is 0.227 e. The summed E-state index contributed by atoms with van der Waals surface area (Å²) in [6.45, 7) is 11.7. The van der Waals surface area contributed by atoms with E-state index in [0.717, 1.165) is 76.9 Å². The summed E-state index contributed by atoms with van der Waals surface area (Å²) in [6.07, 6.45) is 4.31. The molecule has 0 N–H and O–H groups in total. The standard InChI is InChI=1S/C19H32N4O3/c1-14(2)11-23-17(16-5-4-8-25-16)20-21-18(23)22-12-15(3)26-19(13-22)6-9-24-10-7-19/h14-16H,4-13H2,1-3H3/t15?,16-/m1/s1. The molecule has 0 saturated carbocycles. The van der Waals surface area contributed by atoms with Gasteiger partial charge in [-0.05, 0) is 25.7 Å². The molecule has 0 amide bonds. The number of rotatable bonds is 4.